The first-order chi connectivity index (χ1) is 19.2. The Kier molecular flexibility index (Phi) is 9.48. The molecule has 1 saturated heterocycles. The van der Waals surface area contributed by atoms with E-state index in [4.69, 9.17) is 0 Å². The van der Waals surface area contributed by atoms with E-state index >= 15 is 8.78 Å². The smallest absolute Gasteiger partial charge is 0.257 e. The molecule has 2 aliphatic rings. The minimum Gasteiger partial charge on any atom is -0.308 e. The van der Waals surface area contributed by atoms with Crippen LogP contribution in [-0.2, 0) is 11.2 Å². The number of hydrogen-bond donors (Lipinski definition) is 0. The number of amides is 1. The predicted molar refractivity (Wildman–Crippen MR) is 152 cm³/mol. The molecule has 0 aromatic heterocycles. The van der Waals surface area contributed by atoms with Crippen molar-refractivity contribution in [1.82, 2.24) is 9.80 Å². The van der Waals surface area contributed by atoms with Crippen molar-refractivity contribution in [2.75, 3.05) is 37.8 Å². The van der Waals surface area contributed by atoms with E-state index in [-0.39, 0.29) is 41.1 Å². The lowest BCUT2D eigenvalue weighted by atomic mass is 9.84. The largest absolute Gasteiger partial charge is 0.308 e. The highest BCUT2D eigenvalue weighted by molar-refractivity contribution is 5.94. The van der Waals surface area contributed by atoms with Crippen LogP contribution in [0.2, 0.25) is 0 Å². The van der Waals surface area contributed by atoms with Gasteiger partial charge < -0.3 is 9.80 Å². The monoisotopic (exact) mass is 579 g/mol. The van der Waals surface area contributed by atoms with Crippen LogP contribution in [0.1, 0.15) is 76.6 Å². The van der Waals surface area contributed by atoms with Gasteiger partial charge in [-0.2, -0.15) is 0 Å². The zero-order valence-corrected chi connectivity index (χ0v) is 24.7. The van der Waals surface area contributed by atoms with Crippen molar-refractivity contribution >= 4 is 11.6 Å². The first-order valence-corrected chi connectivity index (χ1v) is 14.5. The lowest BCUT2D eigenvalue weighted by molar-refractivity contribution is -0.120. The molecule has 2 aromatic carbocycles. The van der Waals surface area contributed by atoms with Gasteiger partial charge in [0.2, 0.25) is 5.91 Å². The molecule has 0 bridgehead atoms. The van der Waals surface area contributed by atoms with Crippen LogP contribution in [0.5, 0.6) is 0 Å². The zero-order valence-electron chi connectivity index (χ0n) is 24.7. The van der Waals surface area contributed by atoms with Gasteiger partial charge in [0.1, 0.15) is 11.6 Å². The van der Waals surface area contributed by atoms with Crippen LogP contribution in [0.4, 0.5) is 27.6 Å². The fourth-order valence-corrected chi connectivity index (χ4v) is 6.32. The molecule has 0 N–H and O–H groups in total. The molecule has 2 aliphatic heterocycles. The van der Waals surface area contributed by atoms with Crippen molar-refractivity contribution in [1.29, 1.82) is 0 Å². The van der Waals surface area contributed by atoms with E-state index in [1.807, 2.05) is 32.9 Å². The standard InChI is InChI=1S/C32H42F5N3O/c1-21-15-22-9-6-7-10-25(22)30(39(21)20-32(5,36)37)29-26(34)16-24(17-27(29)35)40(28(41)18-31(2,3)4)23-11-14-38(19-23)13-8-12-33/h6-7,9-10,16-17,21,23,30H,8,11-15,18-20H2,1-5H3/t21-,23?,30?/m1/s1. The maximum absolute atomic E-state index is 16.2. The van der Waals surface area contributed by atoms with E-state index in [2.05, 4.69) is 4.90 Å². The fraction of sp³-hybridized carbons (Fsp3) is 0.594. The van der Waals surface area contributed by atoms with Crippen molar-refractivity contribution in [2.24, 2.45) is 5.41 Å². The first-order valence-electron chi connectivity index (χ1n) is 14.5. The van der Waals surface area contributed by atoms with Crippen molar-refractivity contribution in [3.63, 3.8) is 0 Å². The third kappa shape index (κ3) is 7.47. The molecule has 0 aliphatic carbocycles. The lowest BCUT2D eigenvalue weighted by Gasteiger charge is -2.43. The molecule has 2 heterocycles. The van der Waals surface area contributed by atoms with Crippen LogP contribution < -0.4 is 4.90 Å². The number of carbonyl (C=O) groups is 1. The second-order valence-electron chi connectivity index (χ2n) is 13.0. The van der Waals surface area contributed by atoms with Crippen molar-refractivity contribution in [3.8, 4) is 0 Å². The number of benzene rings is 2. The van der Waals surface area contributed by atoms with Crippen molar-refractivity contribution < 1.29 is 26.7 Å². The molecule has 9 heteroatoms. The van der Waals surface area contributed by atoms with Gasteiger partial charge in [-0.25, -0.2) is 17.6 Å². The Labute approximate surface area is 240 Å². The fourth-order valence-electron chi connectivity index (χ4n) is 6.32. The minimum absolute atomic E-state index is 0.111. The van der Waals surface area contributed by atoms with Gasteiger partial charge >= 0.3 is 0 Å². The van der Waals surface area contributed by atoms with E-state index in [9.17, 15) is 18.0 Å². The van der Waals surface area contributed by atoms with Crippen LogP contribution in [0, 0.1) is 17.0 Å². The first kappa shape index (κ1) is 31.4. The van der Waals surface area contributed by atoms with Gasteiger partial charge in [-0.15, -0.1) is 0 Å². The summed E-state index contributed by atoms with van der Waals surface area (Å²) in [6.45, 7) is 8.98. The predicted octanol–water partition coefficient (Wildman–Crippen LogP) is 7.16. The molecule has 226 valence electrons. The van der Waals surface area contributed by atoms with Crippen molar-refractivity contribution in [3.05, 3.63) is 64.7 Å². The number of hydrogen-bond acceptors (Lipinski definition) is 3. The summed E-state index contributed by atoms with van der Waals surface area (Å²) in [6, 6.07) is 7.79. The van der Waals surface area contributed by atoms with Gasteiger partial charge in [-0.05, 0) is 54.9 Å². The van der Waals surface area contributed by atoms with E-state index < -0.39 is 36.8 Å². The van der Waals surface area contributed by atoms with Crippen LogP contribution in [-0.4, -0.2) is 66.6 Å². The summed E-state index contributed by atoms with van der Waals surface area (Å²) in [6.07, 6.45) is 1.64. The lowest BCUT2D eigenvalue weighted by Crippen LogP contribution is -2.48. The summed E-state index contributed by atoms with van der Waals surface area (Å²) in [5.74, 6) is -5.07. The SMILES string of the molecule is C[C@@H]1Cc2ccccc2C(c2c(F)cc(N(C(=O)CC(C)(C)C)C3CCN(CCCF)C3)cc2F)N1CC(C)(F)F. The number of alkyl halides is 3. The highest BCUT2D eigenvalue weighted by atomic mass is 19.3. The summed E-state index contributed by atoms with van der Waals surface area (Å²) >= 11 is 0. The number of fused-ring (bicyclic) bond motifs is 1. The van der Waals surface area contributed by atoms with E-state index in [1.54, 1.807) is 19.1 Å². The molecule has 2 unspecified atom stereocenters. The topological polar surface area (TPSA) is 26.8 Å². The maximum Gasteiger partial charge on any atom is 0.257 e. The van der Waals surface area contributed by atoms with Gasteiger partial charge in [0.25, 0.3) is 5.92 Å². The molecule has 1 amide bonds. The van der Waals surface area contributed by atoms with Gasteiger partial charge in [0.05, 0.1) is 25.3 Å². The number of halogens is 5. The zero-order chi connectivity index (χ0) is 30.1. The quantitative estimate of drug-likeness (QED) is 0.295. The molecule has 41 heavy (non-hydrogen) atoms. The highest BCUT2D eigenvalue weighted by Crippen LogP contribution is 2.42. The van der Waals surface area contributed by atoms with Crippen molar-refractivity contribution in [2.45, 2.75) is 84.4 Å². The second-order valence-corrected chi connectivity index (χ2v) is 13.0. The second kappa shape index (κ2) is 12.4. The summed E-state index contributed by atoms with van der Waals surface area (Å²) in [4.78, 5) is 18.6. The molecule has 0 saturated carbocycles. The molecule has 3 atom stereocenters. The molecule has 1 fully saturated rings. The van der Waals surface area contributed by atoms with Crippen LogP contribution >= 0.6 is 0 Å². The summed E-state index contributed by atoms with van der Waals surface area (Å²) < 4.78 is 73.8. The summed E-state index contributed by atoms with van der Waals surface area (Å²) in [5, 5.41) is 0. The number of nitrogens with zero attached hydrogens (tertiary/aromatic N) is 3. The highest BCUT2D eigenvalue weighted by Gasteiger charge is 2.41. The molecule has 4 rings (SSSR count). The molecule has 0 radical (unpaired) electrons. The third-order valence-corrected chi connectivity index (χ3v) is 8.01. The third-order valence-electron chi connectivity index (χ3n) is 8.01. The maximum atomic E-state index is 16.2. The van der Waals surface area contributed by atoms with Gasteiger partial charge in [0, 0.05) is 50.3 Å². The summed E-state index contributed by atoms with van der Waals surface area (Å²) in [7, 11) is 0. The Morgan fingerprint density at radius 1 is 1.07 bits per heavy atom. The molecular weight excluding hydrogens is 537 g/mol. The number of rotatable bonds is 9. The van der Waals surface area contributed by atoms with E-state index in [0.29, 0.717) is 44.5 Å². The Hall–Kier alpha value is -2.52. The van der Waals surface area contributed by atoms with Gasteiger partial charge in [0.15, 0.2) is 0 Å². The number of likely N-dealkylation sites (tertiary alicyclic amines) is 1. The average molecular weight is 580 g/mol. The van der Waals surface area contributed by atoms with Crippen LogP contribution in [0.25, 0.3) is 0 Å². The van der Waals surface area contributed by atoms with Crippen LogP contribution in [0.3, 0.4) is 0 Å². The normalized spacial score (nSPS) is 22.1. The average Bonchev–Trinajstić information content (AvgIpc) is 3.30. The summed E-state index contributed by atoms with van der Waals surface area (Å²) in [5.41, 5.74) is 0.925. The van der Waals surface area contributed by atoms with E-state index in [0.717, 1.165) is 12.5 Å². The molecule has 4 nitrogen and oxygen atoms in total. The molecule has 0 spiro atoms. The van der Waals surface area contributed by atoms with Gasteiger partial charge in [-0.3, -0.25) is 14.1 Å². The molecule has 2 aromatic rings. The Morgan fingerprint density at radius 3 is 2.34 bits per heavy atom. The van der Waals surface area contributed by atoms with Crippen LogP contribution in [0.15, 0.2) is 36.4 Å². The Morgan fingerprint density at radius 2 is 1.73 bits per heavy atom. The number of anilines is 1. The Balaban J connectivity index is 1.77. The Bertz CT molecular complexity index is 1200. The van der Waals surface area contributed by atoms with Gasteiger partial charge in [-0.1, -0.05) is 45.0 Å². The number of carbonyl (C=O) groups excluding carboxylic acids is 1. The van der Waals surface area contributed by atoms with E-state index in [1.165, 1.54) is 21.9 Å². The molecular formula is C32H42F5N3O. The minimum atomic E-state index is -3.07.